The van der Waals surface area contributed by atoms with Gasteiger partial charge in [0.05, 0.1) is 26.1 Å². The molecule has 0 aliphatic carbocycles. The van der Waals surface area contributed by atoms with E-state index in [0.717, 1.165) is 32.5 Å². The van der Waals surface area contributed by atoms with Crippen LogP contribution in [0.25, 0.3) is 0 Å². The molecule has 1 aliphatic heterocycles. The van der Waals surface area contributed by atoms with Gasteiger partial charge in [0.1, 0.15) is 0 Å². The highest BCUT2D eigenvalue weighted by Crippen LogP contribution is 2.38. The van der Waals surface area contributed by atoms with Crippen molar-refractivity contribution in [2.24, 2.45) is 5.41 Å². The summed E-state index contributed by atoms with van der Waals surface area (Å²) in [7, 11) is 0. The molecule has 2 aromatic rings. The van der Waals surface area contributed by atoms with Gasteiger partial charge < -0.3 is 14.0 Å². The van der Waals surface area contributed by atoms with Crippen molar-refractivity contribution in [3.8, 4) is 0 Å². The lowest BCUT2D eigenvalue weighted by molar-refractivity contribution is -0.310. The van der Waals surface area contributed by atoms with Gasteiger partial charge in [-0.1, -0.05) is 52.0 Å². The zero-order chi connectivity index (χ0) is 18.6. The van der Waals surface area contributed by atoms with E-state index in [4.69, 9.17) is 9.47 Å². The van der Waals surface area contributed by atoms with E-state index in [0.29, 0.717) is 12.5 Å². The monoisotopic (exact) mass is 356 g/mol. The number of hydrogen-bond donors (Lipinski definition) is 0. The van der Waals surface area contributed by atoms with Gasteiger partial charge in [-0.15, -0.1) is 0 Å². The Balaban J connectivity index is 1.80. The normalized spacial score (nSPS) is 19.0. The van der Waals surface area contributed by atoms with Gasteiger partial charge in [0.2, 0.25) is 0 Å². The molecule has 1 aromatic heterocycles. The van der Waals surface area contributed by atoms with E-state index in [1.165, 1.54) is 11.1 Å². The Bertz CT molecular complexity index is 663. The molecule has 1 aromatic carbocycles. The van der Waals surface area contributed by atoms with Gasteiger partial charge >= 0.3 is 0 Å². The molecule has 4 nitrogen and oxygen atoms in total. The predicted octanol–water partition coefficient (Wildman–Crippen LogP) is 4.80. The second-order valence-electron chi connectivity index (χ2n) is 8.00. The third-order valence-electron chi connectivity index (χ3n) is 5.89. The summed E-state index contributed by atoms with van der Waals surface area (Å²) in [5.41, 5.74) is 2.74. The molecule has 142 valence electrons. The van der Waals surface area contributed by atoms with Gasteiger partial charge in [-0.05, 0) is 29.9 Å². The van der Waals surface area contributed by atoms with Gasteiger partial charge in [-0.3, -0.25) is 0 Å². The summed E-state index contributed by atoms with van der Waals surface area (Å²) < 4.78 is 14.9. The van der Waals surface area contributed by atoms with Crippen molar-refractivity contribution in [2.45, 2.75) is 65.2 Å². The molecule has 0 N–H and O–H groups in total. The van der Waals surface area contributed by atoms with Crippen LogP contribution in [0.3, 0.4) is 0 Å². The van der Waals surface area contributed by atoms with Crippen molar-refractivity contribution < 1.29 is 9.47 Å². The Morgan fingerprint density at radius 3 is 2.23 bits per heavy atom. The lowest BCUT2D eigenvalue weighted by Crippen LogP contribution is -2.52. The molecule has 0 radical (unpaired) electrons. The van der Waals surface area contributed by atoms with Gasteiger partial charge in [0.25, 0.3) is 0 Å². The number of ether oxygens (including phenoxy) is 2. The Morgan fingerprint density at radius 2 is 1.73 bits per heavy atom. The first-order chi connectivity index (χ1) is 12.5. The van der Waals surface area contributed by atoms with E-state index in [-0.39, 0.29) is 5.41 Å². The molecule has 1 aliphatic rings. The quantitative estimate of drug-likeness (QED) is 0.715. The van der Waals surface area contributed by atoms with Gasteiger partial charge in [0.15, 0.2) is 5.79 Å². The van der Waals surface area contributed by atoms with E-state index < -0.39 is 5.79 Å². The maximum absolute atomic E-state index is 6.45. The van der Waals surface area contributed by atoms with Gasteiger partial charge in [0, 0.05) is 24.2 Å². The second kappa shape index (κ2) is 7.93. The number of nitrogens with zero attached hydrogens (tertiary/aromatic N) is 2. The summed E-state index contributed by atoms with van der Waals surface area (Å²) in [6, 6.07) is 8.85. The van der Waals surface area contributed by atoms with Crippen molar-refractivity contribution in [3.05, 3.63) is 54.1 Å². The van der Waals surface area contributed by atoms with Gasteiger partial charge in [-0.2, -0.15) is 0 Å². The van der Waals surface area contributed by atoms with Crippen LogP contribution in [0.4, 0.5) is 0 Å². The zero-order valence-corrected chi connectivity index (χ0v) is 16.6. The van der Waals surface area contributed by atoms with Crippen molar-refractivity contribution >= 4 is 0 Å². The molecular formula is C22H32N2O2. The van der Waals surface area contributed by atoms with Crippen molar-refractivity contribution in [1.82, 2.24) is 9.55 Å². The number of imidazole rings is 1. The zero-order valence-electron chi connectivity index (χ0n) is 16.6. The minimum absolute atomic E-state index is 0.139. The van der Waals surface area contributed by atoms with Crippen LogP contribution in [0.2, 0.25) is 0 Å². The van der Waals surface area contributed by atoms with E-state index in [2.05, 4.69) is 56.9 Å². The molecule has 1 saturated heterocycles. The standard InChI is InChI=1S/C22H32N2O2/c1-5-21(6-2)15-25-22(26-16-21,14-24-12-11-23-17-24)13-19-7-9-20(10-8-19)18(3)4/h7-12,17-18H,5-6,13-16H2,1-4H3. The molecule has 4 heteroatoms. The van der Waals surface area contributed by atoms with Crippen LogP contribution in [0.1, 0.15) is 57.6 Å². The highest BCUT2D eigenvalue weighted by Gasteiger charge is 2.43. The Morgan fingerprint density at radius 1 is 1.08 bits per heavy atom. The largest absolute Gasteiger partial charge is 0.347 e. The maximum Gasteiger partial charge on any atom is 0.190 e. The van der Waals surface area contributed by atoms with Crippen molar-refractivity contribution in [1.29, 1.82) is 0 Å². The van der Waals surface area contributed by atoms with E-state index >= 15 is 0 Å². The van der Waals surface area contributed by atoms with Crippen LogP contribution in [-0.2, 0) is 22.4 Å². The van der Waals surface area contributed by atoms with Crippen molar-refractivity contribution in [3.63, 3.8) is 0 Å². The number of rotatable bonds is 7. The Hall–Kier alpha value is -1.65. The first kappa shape index (κ1) is 19.1. The molecule has 0 unspecified atom stereocenters. The maximum atomic E-state index is 6.45. The molecule has 2 heterocycles. The summed E-state index contributed by atoms with van der Waals surface area (Å²) in [4.78, 5) is 4.17. The summed E-state index contributed by atoms with van der Waals surface area (Å²) >= 11 is 0. The molecule has 26 heavy (non-hydrogen) atoms. The van der Waals surface area contributed by atoms with E-state index in [1.807, 2.05) is 17.1 Å². The highest BCUT2D eigenvalue weighted by molar-refractivity contribution is 5.25. The minimum atomic E-state index is -0.631. The summed E-state index contributed by atoms with van der Waals surface area (Å²) in [5, 5.41) is 0. The molecule has 0 atom stereocenters. The Kier molecular flexibility index (Phi) is 5.83. The van der Waals surface area contributed by atoms with Crippen molar-refractivity contribution in [2.75, 3.05) is 13.2 Å². The third kappa shape index (κ3) is 4.18. The fourth-order valence-corrected chi connectivity index (χ4v) is 3.55. The topological polar surface area (TPSA) is 36.3 Å². The fraction of sp³-hybridized carbons (Fsp3) is 0.591. The number of aromatic nitrogens is 2. The third-order valence-corrected chi connectivity index (χ3v) is 5.89. The second-order valence-corrected chi connectivity index (χ2v) is 8.00. The van der Waals surface area contributed by atoms with Gasteiger partial charge in [-0.25, -0.2) is 4.98 Å². The molecule has 1 fully saturated rings. The fourth-order valence-electron chi connectivity index (χ4n) is 3.55. The van der Waals surface area contributed by atoms with E-state index in [9.17, 15) is 0 Å². The average Bonchev–Trinajstić information content (AvgIpc) is 3.16. The molecule has 0 amide bonds. The van der Waals surface area contributed by atoms with Crippen LogP contribution in [-0.4, -0.2) is 28.6 Å². The SMILES string of the molecule is CCC1(CC)COC(Cc2ccc(C(C)C)cc2)(Cn2ccnc2)OC1. The molecule has 3 rings (SSSR count). The lowest BCUT2D eigenvalue weighted by atomic mass is 9.83. The first-order valence-corrected chi connectivity index (χ1v) is 9.82. The predicted molar refractivity (Wildman–Crippen MR) is 104 cm³/mol. The molecule has 0 spiro atoms. The lowest BCUT2D eigenvalue weighted by Gasteiger charge is -2.46. The number of benzene rings is 1. The minimum Gasteiger partial charge on any atom is -0.347 e. The molecule has 0 saturated carbocycles. The van der Waals surface area contributed by atoms with E-state index in [1.54, 1.807) is 6.20 Å². The van der Waals surface area contributed by atoms with Crippen LogP contribution >= 0.6 is 0 Å². The summed E-state index contributed by atoms with van der Waals surface area (Å²) in [5.74, 6) is -0.0886. The highest BCUT2D eigenvalue weighted by atomic mass is 16.7. The average molecular weight is 357 g/mol. The number of hydrogen-bond acceptors (Lipinski definition) is 3. The summed E-state index contributed by atoms with van der Waals surface area (Å²) in [6.45, 7) is 11.0. The van der Waals surface area contributed by atoms with Crippen LogP contribution < -0.4 is 0 Å². The molecular weight excluding hydrogens is 324 g/mol. The molecule has 0 bridgehead atoms. The summed E-state index contributed by atoms with van der Waals surface area (Å²) in [6.07, 6.45) is 8.50. The smallest absolute Gasteiger partial charge is 0.190 e. The van der Waals surface area contributed by atoms with Crippen LogP contribution in [0.15, 0.2) is 43.0 Å². The first-order valence-electron chi connectivity index (χ1n) is 9.82. The van der Waals surface area contributed by atoms with Crippen LogP contribution in [0, 0.1) is 5.41 Å². The van der Waals surface area contributed by atoms with Crippen LogP contribution in [0.5, 0.6) is 0 Å². The Labute approximate surface area is 157 Å².